The van der Waals surface area contributed by atoms with E-state index in [-0.39, 0.29) is 47.2 Å². The number of aliphatic carboxylic acids is 1. The molecule has 4 heterocycles. The molecule has 1 amide bonds. The summed E-state index contributed by atoms with van der Waals surface area (Å²) < 4.78 is 2.15. The molecule has 0 spiro atoms. The van der Waals surface area contributed by atoms with Crippen LogP contribution >= 0.6 is 11.3 Å². The number of hydrogen-bond acceptors (Lipinski definition) is 4. The number of nitrogens with zero attached hydrogens (tertiary/aromatic N) is 3. The first kappa shape index (κ1) is 17.0. The second-order valence-electron chi connectivity index (χ2n) is 6.42. The molecule has 0 radical (unpaired) electrons. The molecule has 1 atom stereocenters. The van der Waals surface area contributed by atoms with Crippen LogP contribution in [0.5, 0.6) is 0 Å². The van der Waals surface area contributed by atoms with Gasteiger partial charge in [-0.25, -0.2) is 9.78 Å². The van der Waals surface area contributed by atoms with E-state index in [4.69, 9.17) is 5.11 Å². The summed E-state index contributed by atoms with van der Waals surface area (Å²) >= 11 is 1.74. The van der Waals surface area contributed by atoms with E-state index in [1.54, 1.807) is 17.4 Å². The van der Waals surface area contributed by atoms with E-state index in [1.807, 2.05) is 12.3 Å². The number of rotatable bonds is 2. The summed E-state index contributed by atoms with van der Waals surface area (Å²) in [5.41, 5.74) is 2.89. The van der Waals surface area contributed by atoms with E-state index < -0.39 is 5.97 Å². The minimum absolute atomic E-state index is 0. The standard InChI is InChI=1S/C17H15N3O3S.Na.H/c21-15-10(11-5-6-13(16(22)23)20(11)15)7-9-8-19-12-3-1-2-4-14(12)24-17(19)18-9;;/h6-8,11H,1-5H2,(H,22,23);;/b10-7+;;. The van der Waals surface area contributed by atoms with Gasteiger partial charge in [-0.3, -0.25) is 14.1 Å². The normalized spacial score (nSPS) is 23.1. The number of aromatic nitrogens is 2. The van der Waals surface area contributed by atoms with E-state index in [2.05, 4.69) is 9.38 Å². The summed E-state index contributed by atoms with van der Waals surface area (Å²) in [5.74, 6) is -1.26. The van der Waals surface area contributed by atoms with Gasteiger partial charge in [0.1, 0.15) is 5.70 Å². The predicted molar refractivity (Wildman–Crippen MR) is 95.8 cm³/mol. The molecule has 1 fully saturated rings. The second kappa shape index (κ2) is 6.09. The Bertz CT molecular complexity index is 971. The molecule has 6 nitrogen and oxygen atoms in total. The van der Waals surface area contributed by atoms with Crippen LogP contribution in [0.3, 0.4) is 0 Å². The van der Waals surface area contributed by atoms with Crippen LogP contribution < -0.4 is 0 Å². The van der Waals surface area contributed by atoms with Crippen LogP contribution in [0, 0.1) is 0 Å². The van der Waals surface area contributed by atoms with E-state index >= 15 is 0 Å². The zero-order valence-corrected chi connectivity index (χ0v) is 13.7. The van der Waals surface area contributed by atoms with Crippen molar-refractivity contribution in [3.63, 3.8) is 0 Å². The van der Waals surface area contributed by atoms with Crippen molar-refractivity contribution in [2.24, 2.45) is 0 Å². The SMILES string of the molecule is O=C(O)C1=CCC2/C(=C\c3cn4c5c(sc4n3)CCCC5)C(=O)N12.[NaH]. The number of fused-ring (bicyclic) bond motifs is 4. The summed E-state index contributed by atoms with van der Waals surface area (Å²) in [6.45, 7) is 0. The molecule has 8 heteroatoms. The Morgan fingerprint density at radius 3 is 2.96 bits per heavy atom. The van der Waals surface area contributed by atoms with Crippen LogP contribution in [0.2, 0.25) is 0 Å². The molecule has 0 saturated carbocycles. The summed E-state index contributed by atoms with van der Waals surface area (Å²) in [5, 5.41) is 9.11. The van der Waals surface area contributed by atoms with Gasteiger partial charge in [-0.15, -0.1) is 11.3 Å². The third-order valence-electron chi connectivity index (χ3n) is 5.04. The van der Waals surface area contributed by atoms with Crippen LogP contribution in [-0.4, -0.2) is 66.9 Å². The second-order valence-corrected chi connectivity index (χ2v) is 7.48. The van der Waals surface area contributed by atoms with E-state index in [0.29, 0.717) is 12.0 Å². The molecular formula is C17H16N3NaO3S. The number of carboxylic acid groups (broad SMARTS) is 1. The fourth-order valence-corrected chi connectivity index (χ4v) is 5.08. The van der Waals surface area contributed by atoms with E-state index in [1.165, 1.54) is 28.3 Å². The summed E-state index contributed by atoms with van der Waals surface area (Å²) in [6.07, 6.45) is 10.7. The van der Waals surface area contributed by atoms with Crippen molar-refractivity contribution in [1.82, 2.24) is 14.3 Å². The van der Waals surface area contributed by atoms with Crippen molar-refractivity contribution in [3.8, 4) is 0 Å². The third-order valence-corrected chi connectivity index (χ3v) is 6.20. The Kier molecular flexibility index (Phi) is 4.15. The van der Waals surface area contributed by atoms with Gasteiger partial charge in [0, 0.05) is 22.3 Å². The molecule has 2 aromatic heterocycles. The fourth-order valence-electron chi connectivity index (χ4n) is 3.89. The molecular weight excluding hydrogens is 349 g/mol. The van der Waals surface area contributed by atoms with Gasteiger partial charge >= 0.3 is 35.5 Å². The fraction of sp³-hybridized carbons (Fsp3) is 0.353. The molecule has 3 aliphatic rings. The van der Waals surface area contributed by atoms with Crippen LogP contribution in [0.25, 0.3) is 11.0 Å². The summed E-state index contributed by atoms with van der Waals surface area (Å²) in [6, 6.07) is -0.141. The number of thiazole rings is 1. The van der Waals surface area contributed by atoms with Crippen molar-refractivity contribution in [3.05, 3.63) is 39.8 Å². The predicted octanol–water partition coefficient (Wildman–Crippen LogP) is 1.59. The van der Waals surface area contributed by atoms with E-state index in [9.17, 15) is 9.59 Å². The topological polar surface area (TPSA) is 74.9 Å². The van der Waals surface area contributed by atoms with Crippen LogP contribution in [0.1, 0.15) is 35.5 Å². The minimum atomic E-state index is -1.04. The summed E-state index contributed by atoms with van der Waals surface area (Å²) in [7, 11) is 0. The molecule has 2 aromatic rings. The van der Waals surface area contributed by atoms with Gasteiger partial charge in [0.05, 0.1) is 11.7 Å². The average molecular weight is 365 g/mol. The van der Waals surface area contributed by atoms with Gasteiger partial charge in [-0.05, 0) is 38.2 Å². The zero-order valence-electron chi connectivity index (χ0n) is 12.9. The average Bonchev–Trinajstić information content (AvgIpc) is 3.22. The van der Waals surface area contributed by atoms with E-state index in [0.717, 1.165) is 23.5 Å². The van der Waals surface area contributed by atoms with Crippen molar-refractivity contribution in [2.45, 2.75) is 38.1 Å². The van der Waals surface area contributed by atoms with Crippen LogP contribution in [-0.2, 0) is 22.4 Å². The number of hydrogen-bond donors (Lipinski definition) is 1. The number of imidazole rings is 1. The number of carbonyl (C=O) groups excluding carboxylic acids is 1. The molecule has 0 bridgehead atoms. The molecule has 5 rings (SSSR count). The Labute approximate surface area is 170 Å². The number of carboxylic acids is 1. The van der Waals surface area contributed by atoms with Crippen molar-refractivity contribution in [1.29, 1.82) is 0 Å². The summed E-state index contributed by atoms with van der Waals surface area (Å²) in [4.78, 5) is 31.8. The Balaban J connectivity index is 0.00000157. The monoisotopic (exact) mass is 365 g/mol. The third kappa shape index (κ3) is 2.44. The number of carbonyl (C=O) groups is 2. The van der Waals surface area contributed by atoms with Gasteiger partial charge in [-0.1, -0.05) is 6.08 Å². The molecule has 0 aromatic carbocycles. The van der Waals surface area contributed by atoms with Crippen LogP contribution in [0.15, 0.2) is 23.5 Å². The zero-order chi connectivity index (χ0) is 16.4. The molecule has 1 saturated heterocycles. The molecule has 1 unspecified atom stereocenters. The molecule has 1 N–H and O–H groups in total. The van der Waals surface area contributed by atoms with Gasteiger partial charge in [0.25, 0.3) is 5.91 Å². The van der Waals surface area contributed by atoms with Crippen molar-refractivity contribution in [2.75, 3.05) is 0 Å². The number of β-lactam (4-membered cyclic amide) rings is 1. The Hall–Kier alpha value is -1.41. The molecule has 2 aliphatic heterocycles. The van der Waals surface area contributed by atoms with Gasteiger partial charge in [0.15, 0.2) is 4.96 Å². The van der Waals surface area contributed by atoms with Gasteiger partial charge in [-0.2, -0.15) is 0 Å². The molecule has 25 heavy (non-hydrogen) atoms. The Morgan fingerprint density at radius 2 is 2.16 bits per heavy atom. The van der Waals surface area contributed by atoms with Crippen molar-refractivity contribution >= 4 is 63.8 Å². The maximum atomic E-state index is 12.3. The van der Waals surface area contributed by atoms with Gasteiger partial charge < -0.3 is 5.11 Å². The number of amides is 1. The maximum absolute atomic E-state index is 12.3. The van der Waals surface area contributed by atoms with Crippen molar-refractivity contribution < 1.29 is 14.7 Å². The molecule has 124 valence electrons. The first-order valence-corrected chi connectivity index (χ1v) is 8.93. The molecule has 1 aliphatic carbocycles. The first-order chi connectivity index (χ1) is 11.6. The quantitative estimate of drug-likeness (QED) is 0.498. The Morgan fingerprint density at radius 1 is 1.36 bits per heavy atom. The van der Waals surface area contributed by atoms with Gasteiger partial charge in [0.2, 0.25) is 0 Å². The number of aryl methyl sites for hydroxylation is 2. The first-order valence-electron chi connectivity index (χ1n) is 8.12. The van der Waals surface area contributed by atoms with Crippen LogP contribution in [0.4, 0.5) is 0 Å².